The van der Waals surface area contributed by atoms with Crippen molar-refractivity contribution in [3.63, 3.8) is 0 Å². The lowest BCUT2D eigenvalue weighted by Crippen LogP contribution is -2.47. The molecule has 5 amide bonds. The van der Waals surface area contributed by atoms with Gasteiger partial charge >= 0.3 is 24.1 Å². The Morgan fingerprint density at radius 3 is 0.947 bits per heavy atom. The van der Waals surface area contributed by atoms with E-state index in [1.807, 2.05) is 41.5 Å². The Morgan fingerprint density at radius 2 is 0.720 bits per heavy atom. The van der Waals surface area contributed by atoms with E-state index in [1.165, 1.54) is 12.8 Å². The quantitative estimate of drug-likeness (QED) is 0.188. The summed E-state index contributed by atoms with van der Waals surface area (Å²) in [4.78, 5) is 79.3. The van der Waals surface area contributed by atoms with Gasteiger partial charge in [-0.2, -0.15) is 0 Å². The van der Waals surface area contributed by atoms with Crippen LogP contribution in [0.3, 0.4) is 0 Å². The summed E-state index contributed by atoms with van der Waals surface area (Å²) in [6.07, 6.45) is 13.1. The molecule has 7 fully saturated rings. The van der Waals surface area contributed by atoms with Gasteiger partial charge < -0.3 is 84.7 Å². The predicted molar refractivity (Wildman–Crippen MR) is 294 cm³/mol. The molecule has 7 aliphatic heterocycles. The highest BCUT2D eigenvalue weighted by Gasteiger charge is 2.30. The molecule has 0 radical (unpaired) electrons. The van der Waals surface area contributed by atoms with Crippen LogP contribution in [-0.2, 0) is 33.4 Å². The highest BCUT2D eigenvalue weighted by Crippen LogP contribution is 2.19. The average Bonchev–Trinajstić information content (AvgIpc) is 3.35. The monoisotopic (exact) mass is 1070 g/mol. The van der Waals surface area contributed by atoms with Crippen LogP contribution in [0.2, 0.25) is 0 Å². The molecule has 0 spiro atoms. The number of hydrogen-bond donors (Lipinski definition) is 12. The second-order valence-electron chi connectivity index (χ2n) is 21.8. The van der Waals surface area contributed by atoms with Gasteiger partial charge in [-0.15, -0.1) is 0 Å². The molecule has 7 atom stereocenters. The number of nitrogens with one attached hydrogen (secondary N) is 5. The molecule has 23 heteroatoms. The molecule has 440 valence electrons. The Labute approximate surface area is 449 Å². The molecule has 7 aliphatic rings. The lowest BCUT2D eigenvalue weighted by Gasteiger charge is -2.32. The first kappa shape index (κ1) is 72.7. The fourth-order valence-electron chi connectivity index (χ4n) is 8.40. The van der Waals surface area contributed by atoms with Gasteiger partial charge in [0.25, 0.3) is 0 Å². The number of piperidine rings is 7. The van der Waals surface area contributed by atoms with E-state index in [-0.39, 0.29) is 80.4 Å². The molecule has 23 nitrogen and oxygen atoms in total. The van der Waals surface area contributed by atoms with E-state index in [1.54, 1.807) is 9.80 Å². The molecule has 7 saturated heterocycles. The summed E-state index contributed by atoms with van der Waals surface area (Å²) in [5.41, 5.74) is 25.8. The highest BCUT2D eigenvalue weighted by atomic mass is 16.6. The van der Waals surface area contributed by atoms with Gasteiger partial charge in [0, 0.05) is 71.0 Å². The van der Waals surface area contributed by atoms with Gasteiger partial charge in [0.2, 0.25) is 17.7 Å². The molecule has 7 unspecified atom stereocenters. The highest BCUT2D eigenvalue weighted by molar-refractivity contribution is 5.78. The lowest BCUT2D eigenvalue weighted by molar-refractivity contribution is -0.143. The van der Waals surface area contributed by atoms with Crippen LogP contribution >= 0.6 is 0 Å². The summed E-state index contributed by atoms with van der Waals surface area (Å²) in [6.45, 7) is 22.5. The number of carbonyl (C=O) groups excluding carboxylic acids is 5. The molecule has 0 saturated carbocycles. The average molecular weight is 1080 g/mol. The number of carbonyl (C=O) groups is 7. The zero-order chi connectivity index (χ0) is 55.0. The van der Waals surface area contributed by atoms with Gasteiger partial charge in [0.15, 0.2) is 0 Å². The predicted octanol–water partition coefficient (Wildman–Crippen LogP) is 2.52. The van der Waals surface area contributed by atoms with Crippen LogP contribution in [-0.4, -0.2) is 177 Å². The van der Waals surface area contributed by atoms with Crippen molar-refractivity contribution in [1.29, 1.82) is 0 Å². The largest absolute Gasteiger partial charge is 0.481 e. The zero-order valence-electron chi connectivity index (χ0n) is 45.2. The number of aliphatic carboxylic acids is 2. The van der Waals surface area contributed by atoms with E-state index in [9.17, 15) is 33.6 Å². The van der Waals surface area contributed by atoms with Crippen LogP contribution < -0.4 is 55.3 Å². The third kappa shape index (κ3) is 36.3. The van der Waals surface area contributed by atoms with Crippen molar-refractivity contribution in [2.45, 2.75) is 170 Å². The molecule has 7 rings (SSSR count). The molecule has 7 heterocycles. The van der Waals surface area contributed by atoms with Crippen molar-refractivity contribution in [2.24, 2.45) is 58.3 Å². The van der Waals surface area contributed by atoms with Gasteiger partial charge in [0.05, 0.1) is 29.6 Å². The number of likely N-dealkylation sites (tertiary alicyclic amines) is 2. The first-order chi connectivity index (χ1) is 34.3. The van der Waals surface area contributed by atoms with E-state index in [0.29, 0.717) is 38.8 Å². The third-order valence-corrected chi connectivity index (χ3v) is 12.6. The molecule has 17 N–H and O–H groups in total. The van der Waals surface area contributed by atoms with Gasteiger partial charge in [0.1, 0.15) is 11.2 Å². The minimum absolute atomic E-state index is 0. The Hall–Kier alpha value is -4.39. The van der Waals surface area contributed by atoms with Crippen molar-refractivity contribution < 1.29 is 53.2 Å². The summed E-state index contributed by atoms with van der Waals surface area (Å²) in [5.74, 6) is -2.35. The number of hydrogen-bond acceptors (Lipinski definition) is 16. The molecule has 75 heavy (non-hydrogen) atoms. The molecular weight excluding hydrogens is 969 g/mol. The summed E-state index contributed by atoms with van der Waals surface area (Å²) >= 11 is 0. The van der Waals surface area contributed by atoms with E-state index >= 15 is 0 Å². The summed E-state index contributed by atoms with van der Waals surface area (Å²) < 4.78 is 10.5. The van der Waals surface area contributed by atoms with Crippen LogP contribution in [0.15, 0.2) is 0 Å². The minimum Gasteiger partial charge on any atom is -0.481 e. The van der Waals surface area contributed by atoms with Crippen molar-refractivity contribution in [1.82, 2.24) is 36.4 Å². The van der Waals surface area contributed by atoms with Gasteiger partial charge in [-0.1, -0.05) is 14.9 Å². The van der Waals surface area contributed by atoms with E-state index in [4.69, 9.17) is 48.4 Å². The Bertz CT molecular complexity index is 1490. The lowest BCUT2D eigenvalue weighted by atomic mass is 9.98. The number of nitrogens with zero attached hydrogens (tertiary/aromatic N) is 2. The number of ether oxygens (including phenoxy) is 2. The van der Waals surface area contributed by atoms with Crippen LogP contribution in [0.4, 0.5) is 9.59 Å². The fourth-order valence-corrected chi connectivity index (χ4v) is 8.40. The first-order valence-corrected chi connectivity index (χ1v) is 26.6. The topological polar surface area (TPSA) is 375 Å². The van der Waals surface area contributed by atoms with E-state index < -0.39 is 23.1 Å². The molecule has 0 aliphatic carbocycles. The fraction of sp³-hybridized carbons (Fsp3) is 0.865. The van der Waals surface area contributed by atoms with Crippen LogP contribution in [0, 0.1) is 29.6 Å². The standard InChI is InChI=1S/C11H20N2O3.C10H20N2O2.2C6H12N2O.2C6H11NO2.C5H12N2.2CH4/c1-11(2,3)16-10(15)13-6-4-5-8(7-13)9(12)14;1-10(2,3)14-9(13)12-6-4-5-8(11)7-12;2*7-6(9)5-2-1-3-8-4-5;2*8-6(9)5-2-1-3-7-4-5;6-5-2-1-3-7-4-5;;/h8H,4-7H2,1-3H3,(H2,12,14);8H,4-7,11H2,1-3H3;2*5,8H,1-4H2,(H2,7,9);2*5,7H,1-4H2,(H,8,9);5,7H,1-4,6H2;2*1H4. The zero-order valence-corrected chi connectivity index (χ0v) is 45.2. The van der Waals surface area contributed by atoms with Gasteiger partial charge in [-0.3, -0.25) is 24.0 Å². The number of rotatable bonds is 5. The normalized spacial score (nSPS) is 25.4. The number of carboxylic acid groups (broad SMARTS) is 2. The number of nitrogens with two attached hydrogens (primary N) is 5. The van der Waals surface area contributed by atoms with Crippen molar-refractivity contribution >= 4 is 41.8 Å². The maximum Gasteiger partial charge on any atom is 0.410 e. The summed E-state index contributed by atoms with van der Waals surface area (Å²) in [6, 6.07) is 0.532. The maximum absolute atomic E-state index is 11.7. The van der Waals surface area contributed by atoms with Crippen molar-refractivity contribution in [3.05, 3.63) is 0 Å². The van der Waals surface area contributed by atoms with Crippen LogP contribution in [0.5, 0.6) is 0 Å². The second-order valence-corrected chi connectivity index (χ2v) is 21.8. The van der Waals surface area contributed by atoms with Gasteiger partial charge in [-0.05, 0) is 164 Å². The van der Waals surface area contributed by atoms with Crippen molar-refractivity contribution in [3.8, 4) is 0 Å². The summed E-state index contributed by atoms with van der Waals surface area (Å²) in [7, 11) is 0. The molecule has 0 aromatic heterocycles. The smallest absolute Gasteiger partial charge is 0.410 e. The molecule has 0 aromatic carbocycles. The maximum atomic E-state index is 11.7. The second kappa shape index (κ2) is 39.9. The van der Waals surface area contributed by atoms with E-state index in [0.717, 1.165) is 136 Å². The Kier molecular flexibility index (Phi) is 38.7. The Balaban J connectivity index is 0. The minimum atomic E-state index is -0.665. The van der Waals surface area contributed by atoms with Gasteiger partial charge in [-0.25, -0.2) is 9.59 Å². The molecule has 0 aromatic rings. The number of primary amides is 3. The number of amides is 5. The van der Waals surface area contributed by atoms with E-state index in [2.05, 4.69) is 26.6 Å². The Morgan fingerprint density at radius 1 is 0.427 bits per heavy atom. The third-order valence-electron chi connectivity index (χ3n) is 12.6. The first-order valence-electron chi connectivity index (χ1n) is 26.6. The SMILES string of the molecule is C.C.CC(C)(C)OC(=O)N1CCCC(C(N)=O)C1.CC(C)(C)OC(=O)N1CCCC(N)C1.NC(=O)C1CCCNC1.NC(=O)C1CCCNC1.NC1CCCNC1.O=C(O)C1CCCNC1.O=C(O)C1CCCNC1. The summed E-state index contributed by atoms with van der Waals surface area (Å²) in [5, 5.41) is 32.5. The molecule has 0 bridgehead atoms. The van der Waals surface area contributed by atoms with Crippen molar-refractivity contribution in [2.75, 3.05) is 91.6 Å². The van der Waals surface area contributed by atoms with Crippen LogP contribution in [0.25, 0.3) is 0 Å². The molecular formula is C52H106N12O11. The van der Waals surface area contributed by atoms with Crippen LogP contribution in [0.1, 0.15) is 146 Å². The number of carboxylic acids is 2.